The molecule has 0 aliphatic heterocycles. The van der Waals surface area contributed by atoms with Gasteiger partial charge < -0.3 is 15.4 Å². The number of hydrogen-bond donors (Lipinski definition) is 2. The van der Waals surface area contributed by atoms with Crippen molar-refractivity contribution in [1.82, 2.24) is 10.1 Å². The molecule has 0 aliphatic carbocycles. The van der Waals surface area contributed by atoms with Gasteiger partial charge in [0.2, 0.25) is 11.7 Å². The van der Waals surface area contributed by atoms with E-state index in [1.807, 2.05) is 26.0 Å². The van der Waals surface area contributed by atoms with Crippen LogP contribution in [0, 0.1) is 19.8 Å². The average molecular weight is 275 g/mol. The van der Waals surface area contributed by atoms with E-state index in [1.54, 1.807) is 0 Å². The Kier molecular flexibility index (Phi) is 4.09. The maximum Gasteiger partial charge on any atom is 0.228 e. The zero-order chi connectivity index (χ0) is 14.9. The summed E-state index contributed by atoms with van der Waals surface area (Å²) in [7, 11) is 0. The average Bonchev–Trinajstić information content (AvgIpc) is 2.83. The van der Waals surface area contributed by atoms with Crippen LogP contribution in [0.2, 0.25) is 0 Å². The summed E-state index contributed by atoms with van der Waals surface area (Å²) in [6, 6.07) is 3.70. The van der Waals surface area contributed by atoms with Crippen LogP contribution in [-0.4, -0.2) is 21.3 Å². The van der Waals surface area contributed by atoms with E-state index in [1.165, 1.54) is 0 Å². The van der Waals surface area contributed by atoms with E-state index >= 15 is 0 Å². The Morgan fingerprint density at radius 3 is 2.40 bits per heavy atom. The molecule has 3 N–H and O–H groups in total. The molecule has 0 amide bonds. The van der Waals surface area contributed by atoms with Gasteiger partial charge in [0.1, 0.15) is 5.75 Å². The van der Waals surface area contributed by atoms with Gasteiger partial charge in [-0.1, -0.05) is 19.0 Å². The lowest BCUT2D eigenvalue weighted by Gasteiger charge is -2.11. The number of benzene rings is 1. The highest BCUT2D eigenvalue weighted by molar-refractivity contribution is 5.60. The molecule has 0 aliphatic rings. The van der Waals surface area contributed by atoms with E-state index in [0.29, 0.717) is 29.8 Å². The molecule has 2 aromatic rings. The number of phenols is 1. The molecular weight excluding hydrogens is 254 g/mol. The lowest BCUT2D eigenvalue weighted by molar-refractivity contribution is 0.353. The first-order valence-electron chi connectivity index (χ1n) is 6.77. The minimum atomic E-state index is 0.00610. The fourth-order valence-corrected chi connectivity index (χ4v) is 1.98. The van der Waals surface area contributed by atoms with E-state index in [4.69, 9.17) is 10.3 Å². The number of phenolic OH excluding ortho intramolecular Hbond substituents is 1. The lowest BCUT2D eigenvalue weighted by Crippen LogP contribution is -2.28. The van der Waals surface area contributed by atoms with Crippen molar-refractivity contribution in [3.05, 3.63) is 29.2 Å². The predicted molar refractivity (Wildman–Crippen MR) is 77.4 cm³/mol. The first-order chi connectivity index (χ1) is 9.38. The third kappa shape index (κ3) is 2.99. The molecule has 5 nitrogen and oxygen atoms in total. The first kappa shape index (κ1) is 14.5. The zero-order valence-electron chi connectivity index (χ0n) is 12.3. The molecule has 5 heteroatoms. The number of hydrogen-bond acceptors (Lipinski definition) is 5. The summed E-state index contributed by atoms with van der Waals surface area (Å²) in [5.41, 5.74) is 8.44. The Balaban J connectivity index is 2.25. The van der Waals surface area contributed by atoms with Crippen LogP contribution >= 0.6 is 0 Å². The minimum absolute atomic E-state index is 0.00610. The first-order valence-corrected chi connectivity index (χ1v) is 6.77. The van der Waals surface area contributed by atoms with Crippen molar-refractivity contribution in [2.75, 3.05) is 0 Å². The third-order valence-electron chi connectivity index (χ3n) is 3.48. The Labute approximate surface area is 118 Å². The second kappa shape index (κ2) is 5.63. The molecule has 1 atom stereocenters. The molecule has 1 aromatic carbocycles. The van der Waals surface area contributed by atoms with E-state index < -0.39 is 0 Å². The Hall–Kier alpha value is -1.88. The summed E-state index contributed by atoms with van der Waals surface area (Å²) in [6.45, 7) is 7.83. The molecule has 1 aromatic heterocycles. The van der Waals surface area contributed by atoms with Crippen molar-refractivity contribution >= 4 is 0 Å². The zero-order valence-corrected chi connectivity index (χ0v) is 12.3. The van der Waals surface area contributed by atoms with E-state index in [9.17, 15) is 5.11 Å². The maximum atomic E-state index is 9.78. The van der Waals surface area contributed by atoms with Crippen molar-refractivity contribution in [2.45, 2.75) is 40.2 Å². The van der Waals surface area contributed by atoms with E-state index in [0.717, 1.165) is 16.7 Å². The van der Waals surface area contributed by atoms with Crippen molar-refractivity contribution in [1.29, 1.82) is 0 Å². The van der Waals surface area contributed by atoms with Crippen LogP contribution in [0.4, 0.5) is 0 Å². The van der Waals surface area contributed by atoms with Crippen molar-refractivity contribution in [3.63, 3.8) is 0 Å². The van der Waals surface area contributed by atoms with Crippen LogP contribution in [0.5, 0.6) is 5.75 Å². The number of rotatable bonds is 4. The summed E-state index contributed by atoms with van der Waals surface area (Å²) in [5, 5.41) is 13.8. The highest BCUT2D eigenvalue weighted by Gasteiger charge is 2.15. The number of nitrogens with two attached hydrogens (primary N) is 1. The summed E-state index contributed by atoms with van der Waals surface area (Å²) in [4.78, 5) is 4.38. The van der Waals surface area contributed by atoms with Crippen molar-refractivity contribution < 1.29 is 9.63 Å². The standard InChI is InChI=1S/C15H21N3O2/c1-8(2)12(16)7-13-17-15(18-20-13)11-5-9(3)14(19)10(4)6-11/h5-6,8,12,19H,7,16H2,1-4H3. The molecule has 1 unspecified atom stereocenters. The number of aromatic nitrogens is 2. The molecule has 0 radical (unpaired) electrons. The molecule has 1 heterocycles. The second-order valence-electron chi connectivity index (χ2n) is 5.58. The predicted octanol–water partition coefficient (Wildman–Crippen LogP) is 2.58. The topological polar surface area (TPSA) is 85.2 Å². The molecule has 0 fully saturated rings. The maximum absolute atomic E-state index is 9.78. The quantitative estimate of drug-likeness (QED) is 0.895. The highest BCUT2D eigenvalue weighted by Crippen LogP contribution is 2.27. The molecule has 2 rings (SSSR count). The van der Waals surface area contributed by atoms with Gasteiger partial charge in [0.25, 0.3) is 0 Å². The molecule has 0 saturated carbocycles. The number of aryl methyl sites for hydroxylation is 2. The Morgan fingerprint density at radius 2 is 1.85 bits per heavy atom. The Bertz CT molecular complexity index is 582. The molecular formula is C15H21N3O2. The molecule has 0 spiro atoms. The molecule has 20 heavy (non-hydrogen) atoms. The minimum Gasteiger partial charge on any atom is -0.507 e. The van der Waals surface area contributed by atoms with Crippen molar-refractivity contribution in [3.8, 4) is 17.1 Å². The SMILES string of the molecule is Cc1cc(-c2noc(CC(N)C(C)C)n2)cc(C)c1O. The monoisotopic (exact) mass is 275 g/mol. The van der Waals surface area contributed by atoms with Crippen LogP contribution < -0.4 is 5.73 Å². The molecule has 0 bridgehead atoms. The fraction of sp³-hybridized carbons (Fsp3) is 0.467. The summed E-state index contributed by atoms with van der Waals surface area (Å²) in [5.74, 6) is 1.74. The van der Waals surface area contributed by atoms with Gasteiger partial charge in [0.15, 0.2) is 0 Å². The van der Waals surface area contributed by atoms with Crippen LogP contribution in [-0.2, 0) is 6.42 Å². The molecule has 108 valence electrons. The summed E-state index contributed by atoms with van der Waals surface area (Å²) >= 11 is 0. The van der Waals surface area contributed by atoms with Gasteiger partial charge in [0, 0.05) is 18.0 Å². The van der Waals surface area contributed by atoms with Gasteiger partial charge in [-0.15, -0.1) is 0 Å². The normalized spacial score (nSPS) is 12.9. The van der Waals surface area contributed by atoms with Crippen LogP contribution in [0.25, 0.3) is 11.4 Å². The van der Waals surface area contributed by atoms with Gasteiger partial charge >= 0.3 is 0 Å². The number of nitrogens with zero attached hydrogens (tertiary/aromatic N) is 2. The largest absolute Gasteiger partial charge is 0.507 e. The van der Waals surface area contributed by atoms with E-state index in [-0.39, 0.29) is 6.04 Å². The second-order valence-corrected chi connectivity index (χ2v) is 5.58. The molecule has 0 saturated heterocycles. The van der Waals surface area contributed by atoms with Gasteiger partial charge in [-0.2, -0.15) is 4.98 Å². The lowest BCUT2D eigenvalue weighted by atomic mass is 10.0. The summed E-state index contributed by atoms with van der Waals surface area (Å²) < 4.78 is 5.25. The van der Waals surface area contributed by atoms with Crippen LogP contribution in [0.3, 0.4) is 0 Å². The van der Waals surface area contributed by atoms with Gasteiger partial charge in [-0.05, 0) is 43.0 Å². The van der Waals surface area contributed by atoms with Gasteiger partial charge in [-0.25, -0.2) is 0 Å². The van der Waals surface area contributed by atoms with Gasteiger partial charge in [-0.3, -0.25) is 0 Å². The van der Waals surface area contributed by atoms with Crippen LogP contribution in [0.15, 0.2) is 16.7 Å². The Morgan fingerprint density at radius 1 is 1.25 bits per heavy atom. The number of aromatic hydroxyl groups is 1. The van der Waals surface area contributed by atoms with E-state index in [2.05, 4.69) is 24.0 Å². The smallest absolute Gasteiger partial charge is 0.228 e. The third-order valence-corrected chi connectivity index (χ3v) is 3.48. The summed E-state index contributed by atoms with van der Waals surface area (Å²) in [6.07, 6.45) is 0.570. The van der Waals surface area contributed by atoms with Crippen LogP contribution in [0.1, 0.15) is 30.9 Å². The fourth-order valence-electron chi connectivity index (χ4n) is 1.98. The van der Waals surface area contributed by atoms with Gasteiger partial charge in [0.05, 0.1) is 0 Å². The highest BCUT2D eigenvalue weighted by atomic mass is 16.5. The van der Waals surface area contributed by atoms with Crippen molar-refractivity contribution in [2.24, 2.45) is 11.7 Å².